The van der Waals surface area contributed by atoms with E-state index in [1.54, 1.807) is 4.90 Å². The number of carbonyl (C=O) groups is 2. The first kappa shape index (κ1) is 16.8. The maximum absolute atomic E-state index is 12.2. The van der Waals surface area contributed by atoms with Crippen LogP contribution in [0.15, 0.2) is 0 Å². The van der Waals surface area contributed by atoms with E-state index in [9.17, 15) is 14.7 Å². The molecule has 1 rings (SSSR count). The second kappa shape index (κ2) is 5.62. The molecule has 0 aliphatic carbocycles. The fourth-order valence-corrected chi connectivity index (χ4v) is 2.38. The van der Waals surface area contributed by atoms with Crippen molar-refractivity contribution in [3.8, 4) is 0 Å². The van der Waals surface area contributed by atoms with Gasteiger partial charge >= 0.3 is 12.1 Å². The Kier molecular flexibility index (Phi) is 4.72. The number of hydrogen-bond donors (Lipinski definition) is 1. The van der Waals surface area contributed by atoms with Crippen LogP contribution in [-0.4, -0.2) is 40.8 Å². The number of nitrogens with zero attached hydrogens (tertiary/aromatic N) is 1. The number of amides is 1. The molecule has 0 aromatic carbocycles. The van der Waals surface area contributed by atoms with Crippen molar-refractivity contribution in [3.63, 3.8) is 0 Å². The van der Waals surface area contributed by atoms with E-state index in [0.717, 1.165) is 0 Å². The normalized spacial score (nSPS) is 24.4. The van der Waals surface area contributed by atoms with E-state index in [4.69, 9.17) is 4.74 Å². The molecule has 0 spiro atoms. The van der Waals surface area contributed by atoms with Gasteiger partial charge in [0.05, 0.1) is 5.92 Å². The first-order valence-electron chi connectivity index (χ1n) is 7.11. The Hall–Kier alpha value is -1.26. The molecule has 0 saturated carbocycles. The molecule has 5 heteroatoms. The van der Waals surface area contributed by atoms with Crippen molar-refractivity contribution in [2.75, 3.05) is 13.1 Å². The molecule has 1 saturated heterocycles. The minimum absolute atomic E-state index is 0.0334. The molecule has 1 aliphatic rings. The molecule has 0 aromatic rings. The first-order chi connectivity index (χ1) is 8.90. The number of carboxylic acids is 1. The molecule has 20 heavy (non-hydrogen) atoms. The molecule has 5 nitrogen and oxygen atoms in total. The van der Waals surface area contributed by atoms with Gasteiger partial charge < -0.3 is 14.7 Å². The maximum Gasteiger partial charge on any atom is 0.410 e. The summed E-state index contributed by atoms with van der Waals surface area (Å²) < 4.78 is 5.36. The monoisotopic (exact) mass is 285 g/mol. The van der Waals surface area contributed by atoms with Gasteiger partial charge in [0.15, 0.2) is 0 Å². The number of piperidine rings is 1. The summed E-state index contributed by atoms with van der Waals surface area (Å²) in [5, 5.41) is 9.28. The zero-order valence-corrected chi connectivity index (χ0v) is 13.4. The van der Waals surface area contributed by atoms with Crippen LogP contribution in [0.1, 0.15) is 48.0 Å². The minimum Gasteiger partial charge on any atom is -0.481 e. The summed E-state index contributed by atoms with van der Waals surface area (Å²) in [5.41, 5.74) is -0.598. The van der Waals surface area contributed by atoms with Crippen LogP contribution < -0.4 is 0 Å². The summed E-state index contributed by atoms with van der Waals surface area (Å²) in [7, 11) is 0. The van der Waals surface area contributed by atoms with Crippen LogP contribution in [-0.2, 0) is 9.53 Å². The number of carbonyl (C=O) groups excluding carboxylic acids is 1. The third kappa shape index (κ3) is 4.69. The third-order valence-corrected chi connectivity index (χ3v) is 3.68. The van der Waals surface area contributed by atoms with Gasteiger partial charge in [-0.1, -0.05) is 20.8 Å². The average molecular weight is 285 g/mol. The molecule has 0 radical (unpaired) electrons. The molecule has 1 N–H and O–H groups in total. The van der Waals surface area contributed by atoms with E-state index >= 15 is 0 Å². The molecular formula is C15H27NO4. The van der Waals surface area contributed by atoms with Crippen LogP contribution in [0.2, 0.25) is 0 Å². The van der Waals surface area contributed by atoms with E-state index < -0.39 is 23.6 Å². The van der Waals surface area contributed by atoms with Crippen LogP contribution in [0.25, 0.3) is 0 Å². The average Bonchev–Trinajstić information content (AvgIpc) is 2.24. The van der Waals surface area contributed by atoms with Gasteiger partial charge in [-0.15, -0.1) is 0 Å². The Balaban J connectivity index is 2.85. The largest absolute Gasteiger partial charge is 0.481 e. The molecule has 0 aromatic heterocycles. The minimum atomic E-state index is -0.840. The zero-order chi connectivity index (χ0) is 15.7. The van der Waals surface area contributed by atoms with Gasteiger partial charge in [0.25, 0.3) is 0 Å². The third-order valence-electron chi connectivity index (χ3n) is 3.68. The second-order valence-electron chi connectivity index (χ2n) is 7.72. The van der Waals surface area contributed by atoms with Crippen molar-refractivity contribution >= 4 is 12.1 Å². The van der Waals surface area contributed by atoms with Gasteiger partial charge in [-0.05, 0) is 38.5 Å². The first-order valence-corrected chi connectivity index (χ1v) is 7.11. The number of carboxylic acid groups (broad SMARTS) is 1. The fourth-order valence-electron chi connectivity index (χ4n) is 2.38. The Bertz CT molecular complexity index is 378. The Labute approximate surface area is 121 Å². The Morgan fingerprint density at radius 2 is 1.65 bits per heavy atom. The zero-order valence-electron chi connectivity index (χ0n) is 13.4. The quantitative estimate of drug-likeness (QED) is 0.804. The lowest BCUT2D eigenvalue weighted by Crippen LogP contribution is -2.50. The highest BCUT2D eigenvalue weighted by Gasteiger charge is 2.39. The lowest BCUT2D eigenvalue weighted by molar-refractivity contribution is -0.144. The summed E-state index contributed by atoms with van der Waals surface area (Å²) in [6, 6.07) is 0. The maximum atomic E-state index is 12.2. The molecular weight excluding hydrogens is 258 g/mol. The van der Waals surface area contributed by atoms with E-state index in [0.29, 0.717) is 13.0 Å². The molecule has 1 heterocycles. The van der Waals surface area contributed by atoms with E-state index in [1.807, 2.05) is 20.8 Å². The topological polar surface area (TPSA) is 66.8 Å². The lowest BCUT2D eigenvalue weighted by atomic mass is 9.73. The van der Waals surface area contributed by atoms with Crippen molar-refractivity contribution in [1.29, 1.82) is 0 Å². The SMILES string of the molecule is CC(C)(C)OC(=O)N1C[C@@H](C(=O)O)C[C@@H](C(C)(C)C)C1. The lowest BCUT2D eigenvalue weighted by Gasteiger charge is -2.42. The van der Waals surface area contributed by atoms with Crippen molar-refractivity contribution in [2.24, 2.45) is 17.3 Å². The number of likely N-dealkylation sites (tertiary alicyclic amines) is 1. The van der Waals surface area contributed by atoms with Gasteiger partial charge in [0.1, 0.15) is 5.60 Å². The number of hydrogen-bond acceptors (Lipinski definition) is 3. The standard InChI is InChI=1S/C15H27NO4/c1-14(2,3)11-7-10(12(17)18)8-16(9-11)13(19)20-15(4,5)6/h10-11H,7-9H2,1-6H3,(H,17,18)/t10-,11+/m0/s1. The van der Waals surface area contributed by atoms with Gasteiger partial charge in [0, 0.05) is 13.1 Å². The summed E-state index contributed by atoms with van der Waals surface area (Å²) >= 11 is 0. The Morgan fingerprint density at radius 1 is 1.10 bits per heavy atom. The van der Waals surface area contributed by atoms with Crippen LogP contribution in [0.3, 0.4) is 0 Å². The highest BCUT2D eigenvalue weighted by Crippen LogP contribution is 2.36. The summed E-state index contributed by atoms with van der Waals surface area (Å²) in [4.78, 5) is 25.0. The molecule has 116 valence electrons. The predicted octanol–water partition coefficient (Wildman–Crippen LogP) is 2.99. The highest BCUT2D eigenvalue weighted by atomic mass is 16.6. The summed E-state index contributed by atoms with van der Waals surface area (Å²) in [6.45, 7) is 12.5. The molecule has 0 unspecified atom stereocenters. The van der Waals surface area contributed by atoms with Gasteiger partial charge in [-0.2, -0.15) is 0 Å². The van der Waals surface area contributed by atoms with Crippen LogP contribution in [0, 0.1) is 17.3 Å². The van der Waals surface area contributed by atoms with Crippen LogP contribution in [0.5, 0.6) is 0 Å². The van der Waals surface area contributed by atoms with Gasteiger partial charge in [-0.3, -0.25) is 4.79 Å². The van der Waals surface area contributed by atoms with E-state index in [-0.39, 0.29) is 17.9 Å². The van der Waals surface area contributed by atoms with Crippen LogP contribution in [0.4, 0.5) is 4.79 Å². The van der Waals surface area contributed by atoms with Crippen molar-refractivity contribution in [1.82, 2.24) is 4.90 Å². The van der Waals surface area contributed by atoms with Gasteiger partial charge in [-0.25, -0.2) is 4.79 Å². The second-order valence-corrected chi connectivity index (χ2v) is 7.72. The van der Waals surface area contributed by atoms with Crippen molar-refractivity contribution in [3.05, 3.63) is 0 Å². The van der Waals surface area contributed by atoms with Crippen molar-refractivity contribution < 1.29 is 19.4 Å². The van der Waals surface area contributed by atoms with Gasteiger partial charge in [0.2, 0.25) is 0 Å². The van der Waals surface area contributed by atoms with E-state index in [1.165, 1.54) is 0 Å². The molecule has 2 atom stereocenters. The molecule has 0 bridgehead atoms. The Morgan fingerprint density at radius 3 is 2.05 bits per heavy atom. The van der Waals surface area contributed by atoms with Crippen LogP contribution >= 0.6 is 0 Å². The van der Waals surface area contributed by atoms with E-state index in [2.05, 4.69) is 20.8 Å². The summed E-state index contributed by atoms with van der Waals surface area (Å²) in [6.07, 6.45) is 0.190. The smallest absolute Gasteiger partial charge is 0.410 e. The summed E-state index contributed by atoms with van der Waals surface area (Å²) in [5.74, 6) is -1.20. The van der Waals surface area contributed by atoms with Crippen molar-refractivity contribution in [2.45, 2.75) is 53.6 Å². The molecule has 1 amide bonds. The fraction of sp³-hybridized carbons (Fsp3) is 0.867. The number of aliphatic carboxylic acids is 1. The number of rotatable bonds is 1. The highest BCUT2D eigenvalue weighted by molar-refractivity contribution is 5.73. The molecule has 1 aliphatic heterocycles. The predicted molar refractivity (Wildman–Crippen MR) is 76.5 cm³/mol. The number of ether oxygens (including phenoxy) is 1. The molecule has 1 fully saturated rings.